The van der Waals surface area contributed by atoms with E-state index in [1.165, 1.54) is 12.1 Å². The normalized spacial score (nSPS) is 10.7. The summed E-state index contributed by atoms with van der Waals surface area (Å²) < 4.78 is 33.4. The number of nitrogens with zero attached hydrogens (tertiary/aromatic N) is 1. The number of hydrogen-bond donors (Lipinski definition) is 1. The summed E-state index contributed by atoms with van der Waals surface area (Å²) in [6, 6.07) is 10.3. The molecule has 0 unspecified atom stereocenters. The summed E-state index contributed by atoms with van der Waals surface area (Å²) in [4.78, 5) is 4.03. The van der Waals surface area contributed by atoms with Crippen molar-refractivity contribution in [2.24, 2.45) is 0 Å². The first-order chi connectivity index (χ1) is 10.2. The van der Waals surface area contributed by atoms with Crippen LogP contribution in [0.25, 0.3) is 0 Å². The lowest BCUT2D eigenvalue weighted by atomic mass is 10.2. The highest BCUT2D eigenvalue weighted by atomic mass is 19.3. The summed E-state index contributed by atoms with van der Waals surface area (Å²) in [5.74, 6) is 0.732. The summed E-state index contributed by atoms with van der Waals surface area (Å²) in [6.07, 6.45) is 1.69. The van der Waals surface area contributed by atoms with E-state index in [1.807, 2.05) is 12.1 Å². The van der Waals surface area contributed by atoms with Crippen molar-refractivity contribution >= 4 is 0 Å². The largest absolute Gasteiger partial charge is 0.481 e. The van der Waals surface area contributed by atoms with Gasteiger partial charge in [-0.15, -0.1) is 0 Å². The van der Waals surface area contributed by atoms with Crippen LogP contribution in [0.5, 0.6) is 11.6 Å². The molecule has 112 valence electrons. The van der Waals surface area contributed by atoms with Crippen molar-refractivity contribution in [3.05, 3.63) is 53.7 Å². The highest BCUT2D eigenvalue weighted by Crippen LogP contribution is 2.15. The lowest BCUT2D eigenvalue weighted by Gasteiger charge is -2.08. The van der Waals surface area contributed by atoms with Gasteiger partial charge in [0, 0.05) is 25.4 Å². The molecule has 0 aliphatic carbocycles. The first-order valence-corrected chi connectivity index (χ1v) is 6.41. The lowest BCUT2D eigenvalue weighted by Crippen LogP contribution is -2.12. The van der Waals surface area contributed by atoms with Crippen LogP contribution in [0.1, 0.15) is 11.1 Å². The van der Waals surface area contributed by atoms with Crippen molar-refractivity contribution in [1.82, 2.24) is 10.3 Å². The minimum atomic E-state index is -2.80. The van der Waals surface area contributed by atoms with E-state index in [4.69, 9.17) is 4.74 Å². The second-order valence-electron chi connectivity index (χ2n) is 4.33. The van der Waals surface area contributed by atoms with E-state index in [1.54, 1.807) is 25.4 Å². The summed E-state index contributed by atoms with van der Waals surface area (Å²) in [7, 11) is 1.57. The molecule has 1 aromatic carbocycles. The molecule has 0 amide bonds. The number of rotatable bonds is 7. The third-order valence-electron chi connectivity index (χ3n) is 2.82. The minimum absolute atomic E-state index is 0.160. The van der Waals surface area contributed by atoms with Gasteiger partial charge in [-0.05, 0) is 29.3 Å². The standard InChI is InChI=1S/C15H16F2N2O2/c1-20-14-8-12(6-7-19-14)10-18-9-11-2-4-13(5-3-11)21-15(16)17/h2-8,15,18H,9-10H2,1H3. The van der Waals surface area contributed by atoms with Crippen LogP contribution < -0.4 is 14.8 Å². The predicted octanol–water partition coefficient (Wildman–Crippen LogP) is 2.98. The zero-order chi connectivity index (χ0) is 15.1. The van der Waals surface area contributed by atoms with Crippen LogP contribution in [0.2, 0.25) is 0 Å². The van der Waals surface area contributed by atoms with Gasteiger partial charge in [0.15, 0.2) is 0 Å². The molecular weight excluding hydrogens is 278 g/mol. The molecule has 2 rings (SSSR count). The first kappa shape index (κ1) is 15.2. The third kappa shape index (κ3) is 5.00. The first-order valence-electron chi connectivity index (χ1n) is 6.41. The maximum absolute atomic E-state index is 12.0. The molecule has 0 atom stereocenters. The summed E-state index contributed by atoms with van der Waals surface area (Å²) in [5, 5.41) is 3.26. The van der Waals surface area contributed by atoms with Gasteiger partial charge in [-0.25, -0.2) is 4.98 Å². The Kier molecular flexibility index (Phi) is 5.45. The fourth-order valence-electron chi connectivity index (χ4n) is 1.81. The van der Waals surface area contributed by atoms with Gasteiger partial charge in [0.1, 0.15) is 5.75 Å². The lowest BCUT2D eigenvalue weighted by molar-refractivity contribution is -0.0498. The number of benzene rings is 1. The molecule has 1 aromatic heterocycles. The zero-order valence-corrected chi connectivity index (χ0v) is 11.6. The van der Waals surface area contributed by atoms with E-state index < -0.39 is 6.61 Å². The Labute approximate surface area is 121 Å². The van der Waals surface area contributed by atoms with Gasteiger partial charge in [0.2, 0.25) is 5.88 Å². The molecular formula is C15H16F2N2O2. The molecule has 0 saturated heterocycles. The Hall–Kier alpha value is -2.21. The molecule has 4 nitrogen and oxygen atoms in total. The van der Waals surface area contributed by atoms with Crippen molar-refractivity contribution in [2.45, 2.75) is 19.7 Å². The predicted molar refractivity (Wildman–Crippen MR) is 74.4 cm³/mol. The fraction of sp³-hybridized carbons (Fsp3) is 0.267. The Balaban J connectivity index is 1.82. The monoisotopic (exact) mass is 294 g/mol. The number of pyridine rings is 1. The number of halogens is 2. The molecule has 0 spiro atoms. The topological polar surface area (TPSA) is 43.4 Å². The van der Waals surface area contributed by atoms with Crippen molar-refractivity contribution in [2.75, 3.05) is 7.11 Å². The average molecular weight is 294 g/mol. The highest BCUT2D eigenvalue weighted by Gasteiger charge is 2.03. The molecule has 0 radical (unpaired) electrons. The van der Waals surface area contributed by atoms with E-state index in [-0.39, 0.29) is 5.75 Å². The van der Waals surface area contributed by atoms with Crippen LogP contribution >= 0.6 is 0 Å². The number of hydrogen-bond acceptors (Lipinski definition) is 4. The third-order valence-corrected chi connectivity index (χ3v) is 2.82. The second-order valence-corrected chi connectivity index (χ2v) is 4.33. The van der Waals surface area contributed by atoms with Crippen molar-refractivity contribution in [3.8, 4) is 11.6 Å². The van der Waals surface area contributed by atoms with Gasteiger partial charge in [-0.1, -0.05) is 12.1 Å². The quantitative estimate of drug-likeness (QED) is 0.852. The summed E-state index contributed by atoms with van der Waals surface area (Å²) >= 11 is 0. The van der Waals surface area contributed by atoms with Gasteiger partial charge < -0.3 is 14.8 Å². The number of alkyl halides is 2. The molecule has 0 fully saturated rings. The van der Waals surface area contributed by atoms with Gasteiger partial charge in [-0.2, -0.15) is 8.78 Å². The van der Waals surface area contributed by atoms with Crippen LogP contribution in [0, 0.1) is 0 Å². The smallest absolute Gasteiger partial charge is 0.387 e. The SMILES string of the molecule is COc1cc(CNCc2ccc(OC(F)F)cc2)ccn1. The number of ether oxygens (including phenoxy) is 2. The molecule has 6 heteroatoms. The molecule has 1 heterocycles. The Bertz CT molecular complexity index is 562. The molecule has 1 N–H and O–H groups in total. The van der Waals surface area contributed by atoms with Crippen LogP contribution in [0.4, 0.5) is 8.78 Å². The number of methoxy groups -OCH3 is 1. The average Bonchev–Trinajstić information content (AvgIpc) is 2.49. The van der Waals surface area contributed by atoms with Gasteiger partial charge >= 0.3 is 6.61 Å². The highest BCUT2D eigenvalue weighted by molar-refractivity contribution is 5.27. The maximum Gasteiger partial charge on any atom is 0.387 e. The van der Waals surface area contributed by atoms with Crippen molar-refractivity contribution < 1.29 is 18.3 Å². The van der Waals surface area contributed by atoms with Crippen LogP contribution in [-0.4, -0.2) is 18.7 Å². The molecule has 0 saturated carbocycles. The van der Waals surface area contributed by atoms with E-state index in [9.17, 15) is 8.78 Å². The van der Waals surface area contributed by atoms with Gasteiger partial charge in [-0.3, -0.25) is 0 Å². The van der Waals surface area contributed by atoms with Crippen LogP contribution in [0.3, 0.4) is 0 Å². The summed E-state index contributed by atoms with van der Waals surface area (Å²) in [5.41, 5.74) is 2.04. The Morgan fingerprint density at radius 1 is 1.10 bits per heavy atom. The number of aromatic nitrogens is 1. The number of nitrogens with one attached hydrogen (secondary N) is 1. The van der Waals surface area contributed by atoms with E-state index in [0.29, 0.717) is 19.0 Å². The Morgan fingerprint density at radius 2 is 1.81 bits per heavy atom. The minimum Gasteiger partial charge on any atom is -0.481 e. The van der Waals surface area contributed by atoms with Crippen LogP contribution in [-0.2, 0) is 13.1 Å². The zero-order valence-electron chi connectivity index (χ0n) is 11.6. The molecule has 2 aromatic rings. The molecule has 0 aliphatic heterocycles. The summed E-state index contributed by atoms with van der Waals surface area (Å²) in [6.45, 7) is -1.51. The van der Waals surface area contributed by atoms with Gasteiger partial charge in [0.05, 0.1) is 7.11 Å². The van der Waals surface area contributed by atoms with Crippen molar-refractivity contribution in [1.29, 1.82) is 0 Å². The van der Waals surface area contributed by atoms with Crippen molar-refractivity contribution in [3.63, 3.8) is 0 Å². The van der Waals surface area contributed by atoms with Crippen LogP contribution in [0.15, 0.2) is 42.6 Å². The van der Waals surface area contributed by atoms with Gasteiger partial charge in [0.25, 0.3) is 0 Å². The molecule has 21 heavy (non-hydrogen) atoms. The molecule has 0 bridgehead atoms. The molecule has 0 aliphatic rings. The Morgan fingerprint density at radius 3 is 2.48 bits per heavy atom. The second kappa shape index (κ2) is 7.54. The van der Waals surface area contributed by atoms with E-state index >= 15 is 0 Å². The fourth-order valence-corrected chi connectivity index (χ4v) is 1.81. The van der Waals surface area contributed by atoms with E-state index in [0.717, 1.165) is 11.1 Å². The maximum atomic E-state index is 12.0. The van der Waals surface area contributed by atoms with E-state index in [2.05, 4.69) is 15.0 Å².